The molecular weight excluding hydrogens is 368 g/mol. The van der Waals surface area contributed by atoms with E-state index >= 15 is 0 Å². The summed E-state index contributed by atoms with van der Waals surface area (Å²) in [6.07, 6.45) is 5.53. The molecule has 0 aromatic heterocycles. The van der Waals surface area contributed by atoms with E-state index in [9.17, 15) is 14.7 Å². The van der Waals surface area contributed by atoms with Crippen molar-refractivity contribution in [1.29, 1.82) is 0 Å². The van der Waals surface area contributed by atoms with Gasteiger partial charge >= 0.3 is 0 Å². The molecule has 2 rings (SSSR count). The van der Waals surface area contributed by atoms with Crippen LogP contribution in [-0.2, 0) is 14.3 Å². The molecule has 2 N–H and O–H groups in total. The van der Waals surface area contributed by atoms with Gasteiger partial charge in [-0.2, -0.15) is 0 Å². The summed E-state index contributed by atoms with van der Waals surface area (Å²) in [6.45, 7) is 5.88. The molecule has 0 aliphatic carbocycles. The van der Waals surface area contributed by atoms with Crippen LogP contribution < -0.4 is 5.32 Å². The fourth-order valence-corrected chi connectivity index (χ4v) is 3.67. The zero-order valence-electron chi connectivity index (χ0n) is 17.6. The average Bonchev–Trinajstić information content (AvgIpc) is 2.75. The summed E-state index contributed by atoms with van der Waals surface area (Å²) >= 11 is 0. The minimum absolute atomic E-state index is 0.395. The molecule has 1 aromatic rings. The number of ether oxygens (including phenoxy) is 1. The van der Waals surface area contributed by atoms with Gasteiger partial charge in [-0.3, -0.25) is 14.5 Å². The molecule has 1 heterocycles. The van der Waals surface area contributed by atoms with E-state index in [-0.39, 0.29) is 0 Å². The lowest BCUT2D eigenvalue weighted by atomic mass is 9.89. The van der Waals surface area contributed by atoms with Gasteiger partial charge in [0.15, 0.2) is 0 Å². The first-order valence-corrected chi connectivity index (χ1v) is 11.0. The summed E-state index contributed by atoms with van der Waals surface area (Å²) in [5.74, 6) is -1.61. The molecule has 1 aromatic carbocycles. The van der Waals surface area contributed by atoms with Gasteiger partial charge in [-0.25, -0.2) is 0 Å². The van der Waals surface area contributed by atoms with Gasteiger partial charge in [0.2, 0.25) is 5.78 Å². The Bertz CT molecular complexity index is 602. The molecule has 1 saturated heterocycles. The Hall–Kier alpha value is -1.76. The molecule has 29 heavy (non-hydrogen) atoms. The number of carbonyl (C=O) groups excluding carboxylic acids is 2. The van der Waals surface area contributed by atoms with E-state index in [2.05, 4.69) is 17.1 Å². The molecule has 0 saturated carbocycles. The van der Waals surface area contributed by atoms with Crippen LogP contribution in [0.15, 0.2) is 30.3 Å². The minimum atomic E-state index is -1.02. The number of unbranched alkanes of at least 4 members (excludes halogenated alkanes) is 4. The lowest BCUT2D eigenvalue weighted by molar-refractivity contribution is -0.140. The van der Waals surface area contributed by atoms with Gasteiger partial charge in [0.25, 0.3) is 5.91 Å². The van der Waals surface area contributed by atoms with Gasteiger partial charge < -0.3 is 15.2 Å². The van der Waals surface area contributed by atoms with Gasteiger partial charge in [0.1, 0.15) is 6.23 Å². The van der Waals surface area contributed by atoms with Crippen LogP contribution in [0.25, 0.3) is 0 Å². The lowest BCUT2D eigenvalue weighted by Crippen LogP contribution is -2.44. The van der Waals surface area contributed by atoms with Crippen LogP contribution in [0.3, 0.4) is 0 Å². The summed E-state index contributed by atoms with van der Waals surface area (Å²) in [4.78, 5) is 27.5. The number of Topliss-reactive ketones (excluding diaryl/α,β-unsaturated/α-hetero) is 1. The summed E-state index contributed by atoms with van der Waals surface area (Å²) in [6, 6.07) is 9.48. The number of hydrogen-bond acceptors (Lipinski definition) is 5. The number of morpholine rings is 1. The molecule has 1 aliphatic heterocycles. The van der Waals surface area contributed by atoms with E-state index in [0.29, 0.717) is 32.6 Å². The van der Waals surface area contributed by atoms with E-state index in [4.69, 9.17) is 4.74 Å². The van der Waals surface area contributed by atoms with Crippen molar-refractivity contribution in [3.05, 3.63) is 35.9 Å². The first-order chi connectivity index (χ1) is 14.1. The smallest absolute Gasteiger partial charge is 0.290 e. The van der Waals surface area contributed by atoms with Crippen LogP contribution in [0.4, 0.5) is 0 Å². The Labute approximate surface area is 174 Å². The molecule has 1 aliphatic rings. The number of amides is 1. The summed E-state index contributed by atoms with van der Waals surface area (Å²) in [7, 11) is 0. The number of rotatable bonds is 13. The molecule has 1 fully saturated rings. The number of nitrogens with one attached hydrogen (secondary N) is 1. The van der Waals surface area contributed by atoms with Crippen molar-refractivity contribution in [3.63, 3.8) is 0 Å². The molecule has 162 valence electrons. The minimum Gasteiger partial charge on any atom is -0.379 e. The number of benzene rings is 1. The van der Waals surface area contributed by atoms with Crippen LogP contribution in [0.2, 0.25) is 0 Å². The number of carbonyl (C=O) groups is 2. The predicted octanol–water partition coefficient (Wildman–Crippen LogP) is 2.86. The van der Waals surface area contributed by atoms with Crippen molar-refractivity contribution in [3.8, 4) is 0 Å². The molecule has 0 radical (unpaired) electrons. The third-order valence-corrected chi connectivity index (χ3v) is 5.46. The van der Waals surface area contributed by atoms with Crippen LogP contribution >= 0.6 is 0 Å². The largest absolute Gasteiger partial charge is 0.379 e. The van der Waals surface area contributed by atoms with Crippen molar-refractivity contribution in [2.45, 2.75) is 64.0 Å². The second-order valence-corrected chi connectivity index (χ2v) is 7.76. The van der Waals surface area contributed by atoms with Crippen LogP contribution in [0.5, 0.6) is 0 Å². The van der Waals surface area contributed by atoms with Crippen molar-refractivity contribution >= 4 is 11.7 Å². The van der Waals surface area contributed by atoms with Gasteiger partial charge in [-0.05, 0) is 12.0 Å². The van der Waals surface area contributed by atoms with E-state index < -0.39 is 23.8 Å². The Balaban J connectivity index is 1.86. The highest BCUT2D eigenvalue weighted by atomic mass is 16.5. The number of ketones is 1. The van der Waals surface area contributed by atoms with Crippen molar-refractivity contribution in [1.82, 2.24) is 10.2 Å². The number of aliphatic hydroxyl groups excluding tert-OH is 1. The number of nitrogens with zero attached hydrogens (tertiary/aromatic N) is 1. The van der Waals surface area contributed by atoms with Crippen LogP contribution in [-0.4, -0.2) is 60.8 Å². The molecule has 6 heteroatoms. The zero-order valence-corrected chi connectivity index (χ0v) is 17.6. The molecule has 0 spiro atoms. The van der Waals surface area contributed by atoms with Gasteiger partial charge in [-0.1, -0.05) is 69.4 Å². The highest BCUT2D eigenvalue weighted by molar-refractivity contribution is 6.38. The molecular formula is C23H36N2O4. The Morgan fingerprint density at radius 2 is 1.76 bits per heavy atom. The fraction of sp³-hybridized carbons (Fsp3) is 0.652. The van der Waals surface area contributed by atoms with E-state index in [1.54, 1.807) is 0 Å². The number of hydrogen-bond donors (Lipinski definition) is 2. The highest BCUT2D eigenvalue weighted by Crippen LogP contribution is 2.24. The molecule has 2 atom stereocenters. The third-order valence-electron chi connectivity index (χ3n) is 5.46. The molecule has 1 amide bonds. The average molecular weight is 405 g/mol. The Morgan fingerprint density at radius 3 is 2.45 bits per heavy atom. The SMILES string of the molecule is CCCCCCCC(C(=O)C(=O)NC(O)CCN1CCOCC1)c1ccccc1. The fourth-order valence-electron chi connectivity index (χ4n) is 3.67. The highest BCUT2D eigenvalue weighted by Gasteiger charge is 2.27. The molecule has 2 unspecified atom stereocenters. The van der Waals surface area contributed by atoms with E-state index in [1.165, 1.54) is 12.8 Å². The van der Waals surface area contributed by atoms with Gasteiger partial charge in [0.05, 0.1) is 19.1 Å². The van der Waals surface area contributed by atoms with E-state index in [0.717, 1.165) is 37.9 Å². The third kappa shape index (κ3) is 8.64. The second-order valence-electron chi connectivity index (χ2n) is 7.76. The predicted molar refractivity (Wildman–Crippen MR) is 114 cm³/mol. The maximum atomic E-state index is 12.9. The van der Waals surface area contributed by atoms with Crippen molar-refractivity contribution < 1.29 is 19.4 Å². The standard InChI is InChI=1S/C23H36N2O4/c1-2-3-4-5-9-12-20(19-10-7-6-8-11-19)22(27)23(28)24-21(26)13-14-25-15-17-29-18-16-25/h6-8,10-11,20-21,26H,2-5,9,12-18H2,1H3,(H,24,28). The normalized spacial score (nSPS) is 16.9. The van der Waals surface area contributed by atoms with Crippen LogP contribution in [0, 0.1) is 0 Å². The van der Waals surface area contributed by atoms with Crippen LogP contribution in [0.1, 0.15) is 63.4 Å². The lowest BCUT2D eigenvalue weighted by Gasteiger charge is -2.27. The second kappa shape index (κ2) is 13.5. The Kier molecular flexibility index (Phi) is 10.9. The first-order valence-electron chi connectivity index (χ1n) is 11.0. The van der Waals surface area contributed by atoms with Crippen molar-refractivity contribution in [2.24, 2.45) is 0 Å². The van der Waals surface area contributed by atoms with Gasteiger partial charge in [0, 0.05) is 26.1 Å². The van der Waals surface area contributed by atoms with Gasteiger partial charge in [-0.15, -0.1) is 0 Å². The van der Waals surface area contributed by atoms with E-state index in [1.807, 2.05) is 30.3 Å². The number of aliphatic hydroxyl groups is 1. The maximum absolute atomic E-state index is 12.9. The quantitative estimate of drug-likeness (QED) is 0.300. The van der Waals surface area contributed by atoms with Crippen molar-refractivity contribution in [2.75, 3.05) is 32.8 Å². The molecule has 0 bridgehead atoms. The topological polar surface area (TPSA) is 78.9 Å². The molecule has 6 nitrogen and oxygen atoms in total. The summed E-state index contributed by atoms with van der Waals surface area (Å²) in [5, 5.41) is 12.7. The first kappa shape index (κ1) is 23.5. The zero-order chi connectivity index (χ0) is 20.9. The maximum Gasteiger partial charge on any atom is 0.290 e. The summed E-state index contributed by atoms with van der Waals surface area (Å²) in [5.41, 5.74) is 0.867. The Morgan fingerprint density at radius 1 is 1.07 bits per heavy atom. The summed E-state index contributed by atoms with van der Waals surface area (Å²) < 4.78 is 5.31. The monoisotopic (exact) mass is 404 g/mol.